The lowest BCUT2D eigenvalue weighted by molar-refractivity contribution is -0.142. The molecule has 0 spiro atoms. The first kappa shape index (κ1) is 36.8. The van der Waals surface area contributed by atoms with E-state index >= 15 is 0 Å². The molecule has 0 saturated carbocycles. The summed E-state index contributed by atoms with van der Waals surface area (Å²) in [6, 6.07) is -2.74. The molecule has 1 fully saturated rings. The maximum Gasteiger partial charge on any atom is 0.245 e. The first-order chi connectivity index (χ1) is 19.7. The zero-order valence-corrected chi connectivity index (χ0v) is 25.8. The molecule has 0 radical (unpaired) electrons. The Kier molecular flexibility index (Phi) is 20.1. The summed E-state index contributed by atoms with van der Waals surface area (Å²) in [5.41, 5.74) is 10.9. The maximum atomic E-state index is 13.5. The highest BCUT2D eigenvalue weighted by atomic mass is 16.3. The predicted octanol–water partition coefficient (Wildman–Crippen LogP) is 3.42. The summed E-state index contributed by atoms with van der Waals surface area (Å²) < 4.78 is 0. The Morgan fingerprint density at radius 3 is 1.93 bits per heavy atom. The van der Waals surface area contributed by atoms with Crippen LogP contribution in [-0.4, -0.2) is 71.0 Å². The van der Waals surface area contributed by atoms with Crippen molar-refractivity contribution >= 4 is 23.6 Å². The van der Waals surface area contributed by atoms with Gasteiger partial charge < -0.3 is 32.1 Å². The third kappa shape index (κ3) is 15.6. The second-order valence-corrected chi connectivity index (χ2v) is 11.7. The summed E-state index contributed by atoms with van der Waals surface area (Å²) in [5, 5.41) is 15.2. The number of nitrogens with one attached hydrogen (secondary N) is 2. The Balaban J connectivity index is 2.47. The Hall–Kier alpha value is -2.20. The van der Waals surface area contributed by atoms with Crippen molar-refractivity contribution in [3.05, 3.63) is 0 Å². The van der Waals surface area contributed by atoms with E-state index in [1.807, 2.05) is 0 Å². The van der Waals surface area contributed by atoms with Gasteiger partial charge in [0.1, 0.15) is 18.1 Å². The molecule has 0 unspecified atom stereocenters. The molecule has 7 N–H and O–H groups in total. The number of likely N-dealkylation sites (tertiary alicyclic amines) is 1. The molecule has 4 atom stereocenters. The lowest BCUT2D eigenvalue weighted by atomic mass is 10.0. The third-order valence-corrected chi connectivity index (χ3v) is 8.01. The number of aliphatic hydroxyl groups excluding tert-OH is 1. The van der Waals surface area contributed by atoms with Crippen molar-refractivity contribution in [2.45, 2.75) is 160 Å². The number of nitrogens with two attached hydrogens (primary N) is 2. The van der Waals surface area contributed by atoms with Crippen molar-refractivity contribution < 1.29 is 24.3 Å². The number of nitrogens with zero attached hydrogens (tertiary/aromatic N) is 1. The molecule has 238 valence electrons. The smallest absolute Gasteiger partial charge is 0.245 e. The van der Waals surface area contributed by atoms with Crippen molar-refractivity contribution in [2.75, 3.05) is 13.1 Å². The molecule has 1 heterocycles. The van der Waals surface area contributed by atoms with Crippen LogP contribution in [0, 0.1) is 0 Å². The number of carbonyl (C=O) groups excluding carboxylic acids is 4. The standard InChI is InChI=1S/C31H59N5O5/c1-3-4-5-6-7-8-9-10-11-12-13-14-15-21-27(38)34-25(19-16-17-22-32)31(41)36-23-18-20-26(36)30(40)35-28(24(2)37)29(33)39/h24-26,28,37H,3-23,32H2,1-2H3,(H2,33,39)(H,34,38)(H,35,40)/t24-,25+,26-,28+/m1/s1. The number of aliphatic hydroxyl groups is 1. The van der Waals surface area contributed by atoms with E-state index in [1.54, 1.807) is 0 Å². The summed E-state index contributed by atoms with van der Waals surface area (Å²) in [6.45, 7) is 4.49. The van der Waals surface area contributed by atoms with Crippen LogP contribution in [0.5, 0.6) is 0 Å². The molecule has 0 aromatic heterocycles. The Bertz CT molecular complexity index is 763. The molecule has 0 aromatic carbocycles. The molecule has 4 amide bonds. The first-order valence-electron chi connectivity index (χ1n) is 16.3. The second kappa shape index (κ2) is 22.4. The van der Waals surface area contributed by atoms with Gasteiger partial charge >= 0.3 is 0 Å². The SMILES string of the molecule is CCCCCCCCCCCCCCCC(=O)N[C@@H](CCCCN)C(=O)N1CCC[C@@H]1C(=O)N[C@H](C(N)=O)[C@@H](C)O. The van der Waals surface area contributed by atoms with E-state index in [2.05, 4.69) is 17.6 Å². The van der Waals surface area contributed by atoms with Gasteiger partial charge in [-0.05, 0) is 52.0 Å². The van der Waals surface area contributed by atoms with Crippen LogP contribution in [0.15, 0.2) is 0 Å². The van der Waals surface area contributed by atoms with E-state index in [0.29, 0.717) is 45.2 Å². The molecule has 1 saturated heterocycles. The first-order valence-corrected chi connectivity index (χ1v) is 16.3. The number of unbranched alkanes of at least 4 members (excludes halogenated alkanes) is 13. The van der Waals surface area contributed by atoms with Crippen LogP contribution in [0.3, 0.4) is 0 Å². The summed E-state index contributed by atoms with van der Waals surface area (Å²) in [5.74, 6) is -1.82. The van der Waals surface area contributed by atoms with E-state index in [0.717, 1.165) is 25.7 Å². The fraction of sp³-hybridized carbons (Fsp3) is 0.871. The van der Waals surface area contributed by atoms with Gasteiger partial charge in [-0.15, -0.1) is 0 Å². The predicted molar refractivity (Wildman–Crippen MR) is 163 cm³/mol. The molecule has 1 aliphatic rings. The average Bonchev–Trinajstić information content (AvgIpc) is 3.43. The van der Waals surface area contributed by atoms with Gasteiger partial charge in [0.25, 0.3) is 0 Å². The topological polar surface area (TPSA) is 168 Å². The zero-order chi connectivity index (χ0) is 30.5. The molecule has 0 aliphatic carbocycles. The normalized spacial score (nSPS) is 17.2. The highest BCUT2D eigenvalue weighted by Crippen LogP contribution is 2.21. The van der Waals surface area contributed by atoms with Crippen molar-refractivity contribution in [1.82, 2.24) is 15.5 Å². The van der Waals surface area contributed by atoms with Crippen molar-refractivity contribution in [2.24, 2.45) is 11.5 Å². The van der Waals surface area contributed by atoms with Crippen LogP contribution in [-0.2, 0) is 19.2 Å². The largest absolute Gasteiger partial charge is 0.391 e. The minimum atomic E-state index is -1.24. The van der Waals surface area contributed by atoms with Gasteiger partial charge in [-0.1, -0.05) is 84.0 Å². The van der Waals surface area contributed by atoms with Crippen molar-refractivity contribution in [3.8, 4) is 0 Å². The molecule has 41 heavy (non-hydrogen) atoms. The fourth-order valence-corrected chi connectivity index (χ4v) is 5.50. The van der Waals surface area contributed by atoms with E-state index in [9.17, 15) is 24.3 Å². The Labute approximate surface area is 248 Å². The lowest BCUT2D eigenvalue weighted by Gasteiger charge is -2.30. The van der Waals surface area contributed by atoms with Crippen LogP contribution in [0.4, 0.5) is 0 Å². The van der Waals surface area contributed by atoms with Crippen LogP contribution in [0.25, 0.3) is 0 Å². The molecule has 10 nitrogen and oxygen atoms in total. The minimum absolute atomic E-state index is 0.151. The van der Waals surface area contributed by atoms with Gasteiger partial charge in [0.05, 0.1) is 6.10 Å². The monoisotopic (exact) mass is 581 g/mol. The van der Waals surface area contributed by atoms with Gasteiger partial charge in [-0.25, -0.2) is 0 Å². The van der Waals surface area contributed by atoms with E-state index < -0.39 is 36.0 Å². The minimum Gasteiger partial charge on any atom is -0.391 e. The van der Waals surface area contributed by atoms with Gasteiger partial charge in [0.15, 0.2) is 0 Å². The summed E-state index contributed by atoms with van der Waals surface area (Å²) >= 11 is 0. The highest BCUT2D eigenvalue weighted by molar-refractivity contribution is 5.94. The van der Waals surface area contributed by atoms with Gasteiger partial charge in [-0.3, -0.25) is 19.2 Å². The molecule has 0 bridgehead atoms. The van der Waals surface area contributed by atoms with Crippen molar-refractivity contribution in [1.29, 1.82) is 0 Å². The van der Waals surface area contributed by atoms with Gasteiger partial charge in [-0.2, -0.15) is 0 Å². The molecular formula is C31H59N5O5. The number of rotatable bonds is 24. The number of primary amides is 1. The second-order valence-electron chi connectivity index (χ2n) is 11.7. The molecule has 10 heteroatoms. The fourth-order valence-electron chi connectivity index (χ4n) is 5.50. The average molecular weight is 582 g/mol. The maximum absolute atomic E-state index is 13.5. The van der Waals surface area contributed by atoms with E-state index in [1.165, 1.54) is 76.0 Å². The van der Waals surface area contributed by atoms with Gasteiger partial charge in [0, 0.05) is 13.0 Å². The van der Waals surface area contributed by atoms with Gasteiger partial charge in [0.2, 0.25) is 23.6 Å². The number of hydrogen-bond donors (Lipinski definition) is 5. The number of carbonyl (C=O) groups is 4. The molecule has 1 rings (SSSR count). The van der Waals surface area contributed by atoms with Crippen molar-refractivity contribution in [3.63, 3.8) is 0 Å². The molecular weight excluding hydrogens is 522 g/mol. The zero-order valence-electron chi connectivity index (χ0n) is 25.8. The number of hydrogen-bond acceptors (Lipinski definition) is 6. The lowest BCUT2D eigenvalue weighted by Crippen LogP contribution is -2.57. The van der Waals surface area contributed by atoms with E-state index in [4.69, 9.17) is 11.5 Å². The molecule has 1 aliphatic heterocycles. The van der Waals surface area contributed by atoms with E-state index in [-0.39, 0.29) is 11.8 Å². The van der Waals surface area contributed by atoms with Crippen LogP contribution >= 0.6 is 0 Å². The summed E-state index contributed by atoms with van der Waals surface area (Å²) in [4.78, 5) is 52.3. The number of amides is 4. The van der Waals surface area contributed by atoms with Crippen LogP contribution in [0.1, 0.15) is 136 Å². The highest BCUT2D eigenvalue weighted by Gasteiger charge is 2.39. The molecule has 0 aromatic rings. The summed E-state index contributed by atoms with van der Waals surface area (Å²) in [6.07, 6.45) is 18.2. The summed E-state index contributed by atoms with van der Waals surface area (Å²) in [7, 11) is 0. The Morgan fingerprint density at radius 1 is 0.854 bits per heavy atom. The Morgan fingerprint density at radius 2 is 1.41 bits per heavy atom. The van der Waals surface area contributed by atoms with Crippen LogP contribution in [0.2, 0.25) is 0 Å². The quantitative estimate of drug-likeness (QED) is 0.109. The van der Waals surface area contributed by atoms with Crippen LogP contribution < -0.4 is 22.1 Å². The third-order valence-electron chi connectivity index (χ3n) is 8.01.